The van der Waals surface area contributed by atoms with Gasteiger partial charge in [0.1, 0.15) is 0 Å². The molecule has 0 radical (unpaired) electrons. The summed E-state index contributed by atoms with van der Waals surface area (Å²) in [5, 5.41) is 3.79. The molecule has 9 heteroatoms. The molecular weight excluding hydrogens is 395 g/mol. The van der Waals surface area contributed by atoms with E-state index in [1.54, 1.807) is 19.9 Å². The number of hydrogen-bond acceptors (Lipinski definition) is 2. The molecule has 0 heterocycles. The third kappa shape index (κ3) is 3.86. The molecule has 0 saturated heterocycles. The number of nitriles is 1. The molecular formula is C18H14F7NS. The van der Waals surface area contributed by atoms with Crippen LogP contribution in [0.4, 0.5) is 30.7 Å². The first-order valence-electron chi connectivity index (χ1n) is 7.64. The first-order chi connectivity index (χ1) is 12.3. The number of nitrogens with zero attached hydrogens (tertiary/aromatic N) is 1. The molecule has 1 aromatic rings. The van der Waals surface area contributed by atoms with Crippen molar-refractivity contribution in [3.05, 3.63) is 58.7 Å². The van der Waals surface area contributed by atoms with Gasteiger partial charge in [0.25, 0.3) is 0 Å². The number of thioether (sulfide) groups is 1. The number of alkyl halides is 7. The van der Waals surface area contributed by atoms with Gasteiger partial charge in [-0.2, -0.15) is 36.0 Å². The number of halogens is 7. The summed E-state index contributed by atoms with van der Waals surface area (Å²) in [6.07, 6.45) is -3.65. The van der Waals surface area contributed by atoms with Crippen molar-refractivity contribution < 1.29 is 30.7 Å². The Hall–Kier alpha value is -1.95. The van der Waals surface area contributed by atoms with Crippen LogP contribution in [0, 0.1) is 11.3 Å². The van der Waals surface area contributed by atoms with E-state index in [1.807, 2.05) is 0 Å². The van der Waals surface area contributed by atoms with Crippen molar-refractivity contribution in [3.8, 4) is 6.07 Å². The molecule has 1 aliphatic carbocycles. The molecule has 1 aromatic carbocycles. The Morgan fingerprint density at radius 3 is 1.96 bits per heavy atom. The summed E-state index contributed by atoms with van der Waals surface area (Å²) >= 11 is -0.813. The van der Waals surface area contributed by atoms with Crippen molar-refractivity contribution in [2.45, 2.75) is 42.4 Å². The van der Waals surface area contributed by atoms with E-state index in [4.69, 9.17) is 0 Å². The average Bonchev–Trinajstić information content (AvgIpc) is 2.52. The van der Waals surface area contributed by atoms with Crippen LogP contribution in [0.2, 0.25) is 0 Å². The molecule has 0 bridgehead atoms. The maximum Gasteiger partial charge on any atom is 0.460 e. The van der Waals surface area contributed by atoms with Gasteiger partial charge in [0, 0.05) is 0 Å². The van der Waals surface area contributed by atoms with E-state index in [0.29, 0.717) is 17.6 Å². The Morgan fingerprint density at radius 2 is 1.48 bits per heavy atom. The molecule has 0 atom stereocenters. The molecule has 1 nitrogen and oxygen atoms in total. The van der Waals surface area contributed by atoms with Gasteiger partial charge >= 0.3 is 17.4 Å². The average molecular weight is 409 g/mol. The van der Waals surface area contributed by atoms with Crippen LogP contribution < -0.4 is 0 Å². The van der Waals surface area contributed by atoms with Gasteiger partial charge in [-0.25, -0.2) is 0 Å². The summed E-state index contributed by atoms with van der Waals surface area (Å²) < 4.78 is 91.3. The van der Waals surface area contributed by atoms with Crippen LogP contribution in [0.5, 0.6) is 0 Å². The third-order valence-corrected chi connectivity index (χ3v) is 5.27. The van der Waals surface area contributed by atoms with Crippen molar-refractivity contribution in [3.63, 3.8) is 0 Å². The summed E-state index contributed by atoms with van der Waals surface area (Å²) in [6, 6.07) is 7.18. The second-order valence-electron chi connectivity index (χ2n) is 6.30. The molecule has 2 rings (SSSR count). The fourth-order valence-electron chi connectivity index (χ4n) is 2.95. The maximum absolute atomic E-state index is 14.3. The van der Waals surface area contributed by atoms with Gasteiger partial charge in [-0.05, 0) is 31.9 Å². The first kappa shape index (κ1) is 21.4. The predicted molar refractivity (Wildman–Crippen MR) is 88.5 cm³/mol. The third-order valence-electron chi connectivity index (χ3n) is 3.97. The second-order valence-corrected chi connectivity index (χ2v) is 7.69. The molecule has 0 N–H and O–H groups in total. The van der Waals surface area contributed by atoms with Crippen LogP contribution >= 0.6 is 11.8 Å². The Kier molecular flexibility index (Phi) is 5.45. The molecule has 146 valence electrons. The topological polar surface area (TPSA) is 23.8 Å². The number of hydrogen-bond donors (Lipinski definition) is 0. The van der Waals surface area contributed by atoms with Crippen molar-refractivity contribution in [1.82, 2.24) is 0 Å². The minimum Gasteiger partial charge on any atom is -0.192 e. The zero-order valence-electron chi connectivity index (χ0n) is 14.2. The monoisotopic (exact) mass is 409 g/mol. The summed E-state index contributed by atoms with van der Waals surface area (Å²) in [4.78, 5) is 0. The van der Waals surface area contributed by atoms with E-state index in [1.165, 1.54) is 36.4 Å². The maximum atomic E-state index is 14.3. The molecule has 0 amide bonds. The summed E-state index contributed by atoms with van der Waals surface area (Å²) in [5.74, 6) is -6.25. The normalized spacial score (nSPS) is 17.8. The van der Waals surface area contributed by atoms with E-state index in [2.05, 4.69) is 0 Å². The predicted octanol–water partition coefficient (Wildman–Crippen LogP) is 6.57. The SMILES string of the molecule is CC1=CC(SC(F)(F)C(F)(F)C(F)(F)F)(c2ccccc2C#N)C=C(C)C1. The van der Waals surface area contributed by atoms with Crippen LogP contribution in [0.3, 0.4) is 0 Å². The zero-order valence-corrected chi connectivity index (χ0v) is 15.0. The van der Waals surface area contributed by atoms with Gasteiger partial charge in [0.15, 0.2) is 0 Å². The van der Waals surface area contributed by atoms with Crippen molar-refractivity contribution in [2.75, 3.05) is 0 Å². The summed E-state index contributed by atoms with van der Waals surface area (Å²) in [6.45, 7) is 3.11. The number of rotatable bonds is 4. The summed E-state index contributed by atoms with van der Waals surface area (Å²) in [7, 11) is 0. The molecule has 0 aliphatic heterocycles. The van der Waals surface area contributed by atoms with Crippen molar-refractivity contribution in [2.24, 2.45) is 0 Å². The largest absolute Gasteiger partial charge is 0.460 e. The lowest BCUT2D eigenvalue weighted by atomic mass is 9.85. The lowest BCUT2D eigenvalue weighted by Crippen LogP contribution is -2.51. The number of allylic oxidation sites excluding steroid dienone is 2. The van der Waals surface area contributed by atoms with Gasteiger partial charge < -0.3 is 0 Å². The molecule has 27 heavy (non-hydrogen) atoms. The molecule has 0 unspecified atom stereocenters. The minimum atomic E-state index is -6.42. The quantitative estimate of drug-likeness (QED) is 0.415. The van der Waals surface area contributed by atoms with Gasteiger partial charge in [-0.15, -0.1) is 0 Å². The molecule has 0 spiro atoms. The fraction of sp³-hybridized carbons (Fsp3) is 0.389. The molecule has 0 aromatic heterocycles. The highest BCUT2D eigenvalue weighted by Gasteiger charge is 2.74. The van der Waals surface area contributed by atoms with Crippen LogP contribution in [-0.2, 0) is 4.75 Å². The second kappa shape index (κ2) is 6.89. The van der Waals surface area contributed by atoms with E-state index < -0.39 is 33.9 Å². The highest BCUT2D eigenvalue weighted by molar-refractivity contribution is 8.01. The first-order valence-corrected chi connectivity index (χ1v) is 8.46. The van der Waals surface area contributed by atoms with Crippen LogP contribution in [-0.4, -0.2) is 17.4 Å². The minimum absolute atomic E-state index is 0.0754. The number of benzene rings is 1. The van der Waals surface area contributed by atoms with E-state index in [9.17, 15) is 36.0 Å². The van der Waals surface area contributed by atoms with Gasteiger partial charge in [0.05, 0.1) is 16.4 Å². The smallest absolute Gasteiger partial charge is 0.192 e. The highest BCUT2D eigenvalue weighted by Crippen LogP contribution is 2.59. The summed E-state index contributed by atoms with van der Waals surface area (Å²) in [5.41, 5.74) is 0.863. The van der Waals surface area contributed by atoms with Crippen LogP contribution in [0.25, 0.3) is 0 Å². The van der Waals surface area contributed by atoms with Crippen LogP contribution in [0.15, 0.2) is 47.6 Å². The van der Waals surface area contributed by atoms with Gasteiger partial charge in [-0.3, -0.25) is 0 Å². The lowest BCUT2D eigenvalue weighted by Gasteiger charge is -2.38. The van der Waals surface area contributed by atoms with E-state index in [0.717, 1.165) is 0 Å². The van der Waals surface area contributed by atoms with Gasteiger partial charge in [0.2, 0.25) is 0 Å². The Labute approximate surface area is 155 Å². The van der Waals surface area contributed by atoms with Gasteiger partial charge in [-0.1, -0.05) is 53.3 Å². The highest BCUT2D eigenvalue weighted by atomic mass is 32.2. The fourth-order valence-corrected chi connectivity index (χ4v) is 4.42. The molecule has 0 fully saturated rings. The Balaban J connectivity index is 2.70. The van der Waals surface area contributed by atoms with E-state index >= 15 is 0 Å². The van der Waals surface area contributed by atoms with E-state index in [-0.39, 0.29) is 11.1 Å². The molecule has 1 aliphatic rings. The van der Waals surface area contributed by atoms with Crippen molar-refractivity contribution >= 4 is 11.8 Å². The Bertz CT molecular complexity index is 813. The lowest BCUT2D eigenvalue weighted by molar-refractivity contribution is -0.330. The zero-order chi connectivity index (χ0) is 20.7. The van der Waals surface area contributed by atoms with Crippen molar-refractivity contribution in [1.29, 1.82) is 5.26 Å². The van der Waals surface area contributed by atoms with Crippen LogP contribution in [0.1, 0.15) is 31.4 Å². The standard InChI is InChI=1S/C18H14F7NS/c1-11-7-12(2)9-15(8-11,14-6-4-3-5-13(14)10-26)27-18(24,25)16(19,20)17(21,22)23/h3-6,8-9H,7H2,1-2H3. The Morgan fingerprint density at radius 1 is 0.963 bits per heavy atom. The molecule has 0 saturated carbocycles.